The summed E-state index contributed by atoms with van der Waals surface area (Å²) in [6.45, 7) is -0.747. The van der Waals surface area contributed by atoms with Gasteiger partial charge in [-0.15, -0.1) is 0 Å². The first-order chi connectivity index (χ1) is 26.3. The van der Waals surface area contributed by atoms with Crippen LogP contribution in [-0.2, 0) is 38.4 Å². The van der Waals surface area contributed by atoms with Crippen LogP contribution >= 0.6 is 23.5 Å². The second kappa shape index (κ2) is 29.0. The minimum atomic E-state index is -0.564. The molecule has 2 rings (SSSR count). The SMILES string of the molecule is CNCCC(=O)CNC(=O)CNC(=O)CNC(=O)CSC(=O)c1ccccc1.NCCC(=O)CNC(=O)CNC(=O)CNC(=O)CSC(=O)c1ccccc1. The highest BCUT2D eigenvalue weighted by Gasteiger charge is 2.14. The van der Waals surface area contributed by atoms with Crippen LogP contribution in [0.25, 0.3) is 0 Å². The third-order valence-corrected chi connectivity index (χ3v) is 8.32. The van der Waals surface area contributed by atoms with E-state index in [9.17, 15) is 47.9 Å². The number of rotatable bonds is 23. The predicted molar refractivity (Wildman–Crippen MR) is 207 cm³/mol. The maximum absolute atomic E-state index is 11.9. The van der Waals surface area contributed by atoms with E-state index in [-0.39, 0.29) is 85.5 Å². The van der Waals surface area contributed by atoms with Crippen LogP contribution in [-0.4, -0.2) is 128 Å². The number of hydrogen-bond donors (Lipinski definition) is 8. The van der Waals surface area contributed by atoms with Crippen LogP contribution in [0.4, 0.5) is 0 Å². The fourth-order valence-corrected chi connectivity index (χ4v) is 4.98. The Morgan fingerprint density at radius 3 is 1.15 bits per heavy atom. The first-order valence-corrected chi connectivity index (χ1v) is 18.7. The maximum Gasteiger partial charge on any atom is 0.239 e. The van der Waals surface area contributed by atoms with E-state index in [1.54, 1.807) is 67.7 Å². The highest BCUT2D eigenvalue weighted by atomic mass is 32.2. The van der Waals surface area contributed by atoms with Crippen molar-refractivity contribution in [3.05, 3.63) is 71.8 Å². The summed E-state index contributed by atoms with van der Waals surface area (Å²) >= 11 is 1.67. The van der Waals surface area contributed by atoms with E-state index >= 15 is 0 Å². The zero-order chi connectivity index (χ0) is 40.8. The summed E-state index contributed by atoms with van der Waals surface area (Å²) in [6, 6.07) is 17.1. The van der Waals surface area contributed by atoms with Crippen LogP contribution in [0, 0.1) is 0 Å². The molecule has 0 radical (unpaired) electrons. The van der Waals surface area contributed by atoms with Crippen molar-refractivity contribution in [1.29, 1.82) is 0 Å². The van der Waals surface area contributed by atoms with Gasteiger partial charge in [0.2, 0.25) is 45.7 Å². The largest absolute Gasteiger partial charge is 0.347 e. The molecule has 0 saturated carbocycles. The smallest absolute Gasteiger partial charge is 0.239 e. The molecule has 0 spiro atoms. The fraction of sp³-hybridized carbons (Fsp3) is 0.371. The van der Waals surface area contributed by atoms with Gasteiger partial charge < -0.3 is 43.0 Å². The standard InChI is InChI=1S/C18H24N4O5S.C17H22N4O5S/c1-19-8-7-14(23)9-20-15(24)10-21-16(25)11-22-17(26)12-28-18(27)13-5-3-2-4-6-13;18-7-6-13(22)8-19-14(23)9-20-15(24)10-21-16(25)11-27-17(26)12-4-2-1-3-5-12/h2-6,19H,7-12H2,1H3,(H,20,24)(H,21,25)(H,22,26);1-5H,6-11,18H2,(H,19,23)(H,20,24)(H,21,25). The summed E-state index contributed by atoms with van der Waals surface area (Å²) in [5.41, 5.74) is 6.20. The average molecular weight is 803 g/mol. The number of nitrogens with one attached hydrogen (secondary N) is 7. The van der Waals surface area contributed by atoms with Crippen molar-refractivity contribution in [1.82, 2.24) is 37.2 Å². The summed E-state index contributed by atoms with van der Waals surface area (Å²) in [7, 11) is 1.72. The Bertz CT molecular complexity index is 1610. The van der Waals surface area contributed by atoms with Crippen molar-refractivity contribution in [3.63, 3.8) is 0 Å². The van der Waals surface area contributed by atoms with Gasteiger partial charge in [-0.05, 0) is 13.6 Å². The number of Topliss-reactive ketones (excluding diaryl/α,β-unsaturated/α-hetero) is 2. The van der Waals surface area contributed by atoms with Crippen molar-refractivity contribution in [3.8, 4) is 0 Å². The van der Waals surface area contributed by atoms with Gasteiger partial charge in [-0.1, -0.05) is 84.2 Å². The van der Waals surface area contributed by atoms with Crippen LogP contribution in [0.15, 0.2) is 60.7 Å². The summed E-state index contributed by atoms with van der Waals surface area (Å²) in [6.07, 6.45) is 0.476. The minimum absolute atomic E-state index is 0.0974. The van der Waals surface area contributed by atoms with Gasteiger partial charge in [-0.3, -0.25) is 47.9 Å². The molecule has 0 unspecified atom stereocenters. The number of hydrogen-bond acceptors (Lipinski definition) is 14. The molecule has 0 saturated heterocycles. The second-order valence-corrected chi connectivity index (χ2v) is 12.9. The normalized spacial score (nSPS) is 10.0. The molecule has 9 N–H and O–H groups in total. The molecule has 6 amide bonds. The van der Waals surface area contributed by atoms with Crippen LogP contribution < -0.4 is 43.0 Å². The Morgan fingerprint density at radius 2 is 0.800 bits per heavy atom. The Hall–Kier alpha value is -5.44. The Labute approximate surface area is 326 Å². The van der Waals surface area contributed by atoms with Gasteiger partial charge in [0.25, 0.3) is 0 Å². The molecule has 0 heterocycles. The molecule has 55 heavy (non-hydrogen) atoms. The maximum atomic E-state index is 11.9. The Morgan fingerprint density at radius 1 is 0.473 bits per heavy atom. The van der Waals surface area contributed by atoms with Gasteiger partial charge in [0.1, 0.15) is 0 Å². The molecule has 2 aromatic rings. The van der Waals surface area contributed by atoms with Gasteiger partial charge in [0.05, 0.1) is 50.8 Å². The van der Waals surface area contributed by atoms with E-state index in [2.05, 4.69) is 37.2 Å². The van der Waals surface area contributed by atoms with Crippen LogP contribution in [0.1, 0.15) is 33.6 Å². The van der Waals surface area contributed by atoms with Crippen molar-refractivity contribution < 1.29 is 47.9 Å². The van der Waals surface area contributed by atoms with E-state index in [4.69, 9.17) is 5.73 Å². The van der Waals surface area contributed by atoms with E-state index in [1.807, 2.05) is 0 Å². The Balaban J connectivity index is 0.000000550. The zero-order valence-electron chi connectivity index (χ0n) is 30.2. The molecular formula is C35H46N8O10S2. The lowest BCUT2D eigenvalue weighted by Gasteiger charge is -2.08. The average Bonchev–Trinajstić information content (AvgIpc) is 3.20. The molecule has 298 valence electrons. The fourth-order valence-electron chi connectivity index (χ4n) is 3.64. The topological polar surface area (TPSA) is 281 Å². The molecule has 0 aliphatic rings. The highest BCUT2D eigenvalue weighted by Crippen LogP contribution is 2.12. The van der Waals surface area contributed by atoms with Gasteiger partial charge in [-0.25, -0.2) is 0 Å². The molecule has 0 aromatic heterocycles. The number of nitrogens with two attached hydrogens (primary N) is 1. The van der Waals surface area contributed by atoms with Crippen LogP contribution in [0.3, 0.4) is 0 Å². The number of ketones is 2. The number of carbonyl (C=O) groups is 10. The molecular weight excluding hydrogens is 757 g/mol. The third-order valence-electron chi connectivity index (χ3n) is 6.51. The minimum Gasteiger partial charge on any atom is -0.347 e. The summed E-state index contributed by atoms with van der Waals surface area (Å²) in [5, 5.41) is 16.5. The molecule has 0 atom stereocenters. The van der Waals surface area contributed by atoms with Gasteiger partial charge >= 0.3 is 0 Å². The van der Waals surface area contributed by atoms with E-state index in [0.717, 1.165) is 23.5 Å². The predicted octanol–water partition coefficient (Wildman–Crippen LogP) is -2.09. The molecule has 0 aliphatic carbocycles. The lowest BCUT2D eigenvalue weighted by Crippen LogP contribution is -2.43. The third kappa shape index (κ3) is 24.5. The molecule has 0 bridgehead atoms. The lowest BCUT2D eigenvalue weighted by molar-refractivity contribution is -0.128. The van der Waals surface area contributed by atoms with Gasteiger partial charge in [-0.2, -0.15) is 0 Å². The van der Waals surface area contributed by atoms with Crippen molar-refractivity contribution in [2.45, 2.75) is 12.8 Å². The number of amides is 6. The summed E-state index contributed by atoms with van der Waals surface area (Å²) in [4.78, 5) is 116. The summed E-state index contributed by atoms with van der Waals surface area (Å²) < 4.78 is 0. The number of carbonyl (C=O) groups excluding carboxylic acids is 10. The van der Waals surface area contributed by atoms with E-state index < -0.39 is 35.4 Å². The molecule has 20 heteroatoms. The first kappa shape index (κ1) is 47.6. The van der Waals surface area contributed by atoms with Gasteiger partial charge in [0.15, 0.2) is 11.6 Å². The monoisotopic (exact) mass is 802 g/mol. The molecule has 0 aliphatic heterocycles. The van der Waals surface area contributed by atoms with Crippen LogP contribution in [0.2, 0.25) is 0 Å². The highest BCUT2D eigenvalue weighted by molar-refractivity contribution is 8.14. The summed E-state index contributed by atoms with van der Waals surface area (Å²) in [5.74, 6) is -3.64. The molecule has 0 fully saturated rings. The van der Waals surface area contributed by atoms with Crippen molar-refractivity contribution in [2.75, 3.05) is 70.9 Å². The number of benzene rings is 2. The van der Waals surface area contributed by atoms with Crippen molar-refractivity contribution in [2.24, 2.45) is 5.73 Å². The number of thioether (sulfide) groups is 2. The zero-order valence-corrected chi connectivity index (χ0v) is 31.9. The van der Waals surface area contributed by atoms with Gasteiger partial charge in [0, 0.05) is 30.5 Å². The van der Waals surface area contributed by atoms with E-state index in [0.29, 0.717) is 24.1 Å². The molecule has 2 aromatic carbocycles. The van der Waals surface area contributed by atoms with Crippen LogP contribution in [0.5, 0.6) is 0 Å². The second-order valence-electron chi connectivity index (χ2n) is 11.0. The van der Waals surface area contributed by atoms with E-state index in [1.165, 1.54) is 0 Å². The first-order valence-electron chi connectivity index (χ1n) is 16.8. The van der Waals surface area contributed by atoms with Crippen molar-refractivity contribution >= 4 is 80.8 Å². The molecule has 18 nitrogen and oxygen atoms in total. The Kier molecular flexibility index (Phi) is 25.1. The lowest BCUT2D eigenvalue weighted by atomic mass is 10.2. The quantitative estimate of drug-likeness (QED) is 0.0599.